The minimum atomic E-state index is -4.35. The second-order valence-electron chi connectivity index (χ2n) is 6.68. The number of hydrogen-bond donors (Lipinski definition) is 0. The lowest BCUT2D eigenvalue weighted by molar-refractivity contribution is -0.367. The van der Waals surface area contributed by atoms with Crippen molar-refractivity contribution in [3.05, 3.63) is 45.3 Å². The number of H-pyrrole nitrogens is 1. The second-order valence-corrected chi connectivity index (χ2v) is 7.94. The van der Waals surface area contributed by atoms with E-state index in [1.165, 1.54) is 27.8 Å². The molecule has 3 heterocycles. The zero-order valence-electron chi connectivity index (χ0n) is 15.4. The quantitative estimate of drug-likeness (QED) is 0.786. The topological polar surface area (TPSA) is 37.7 Å². The maximum Gasteiger partial charge on any atom is 0.419 e. The predicted molar refractivity (Wildman–Crippen MR) is 99.2 cm³/mol. The van der Waals surface area contributed by atoms with Crippen LogP contribution in [-0.4, -0.2) is 37.0 Å². The van der Waals surface area contributed by atoms with E-state index in [-0.39, 0.29) is 5.91 Å². The van der Waals surface area contributed by atoms with Crippen molar-refractivity contribution >= 4 is 23.1 Å². The smallest absolute Gasteiger partial charge is 0.330 e. The van der Waals surface area contributed by atoms with Gasteiger partial charge in [-0.05, 0) is 31.0 Å². The fourth-order valence-corrected chi connectivity index (χ4v) is 4.28. The molecule has 0 saturated carbocycles. The van der Waals surface area contributed by atoms with E-state index < -0.39 is 11.7 Å². The molecular weight excluding hydrogens is 375 g/mol. The number of thiophene rings is 1. The number of carbonyl (C=O) groups excluding carboxylic acids is 1. The molecule has 4 nitrogen and oxygen atoms in total. The van der Waals surface area contributed by atoms with E-state index in [1.54, 1.807) is 0 Å². The Morgan fingerprint density at radius 3 is 2.48 bits per heavy atom. The van der Waals surface area contributed by atoms with Crippen LogP contribution >= 0.6 is 11.3 Å². The molecule has 1 amide bonds. The van der Waals surface area contributed by atoms with Crippen molar-refractivity contribution in [1.82, 2.24) is 4.90 Å². The molecule has 1 N–H and O–H groups in total. The van der Waals surface area contributed by atoms with Crippen LogP contribution < -0.4 is 9.88 Å². The highest BCUT2D eigenvalue weighted by atomic mass is 32.1. The maximum absolute atomic E-state index is 12.8. The fraction of sp³-hybridized carbons (Fsp3) is 0.474. The van der Waals surface area contributed by atoms with Crippen LogP contribution in [0, 0.1) is 6.92 Å². The van der Waals surface area contributed by atoms with E-state index >= 15 is 0 Å². The van der Waals surface area contributed by atoms with Gasteiger partial charge in [0.1, 0.15) is 19.3 Å². The van der Waals surface area contributed by atoms with Crippen molar-refractivity contribution < 1.29 is 22.9 Å². The zero-order chi connectivity index (χ0) is 19.6. The Bertz CT molecular complexity index is 794. The summed E-state index contributed by atoms with van der Waals surface area (Å²) in [5.74, 6) is 0.675. The van der Waals surface area contributed by atoms with E-state index in [9.17, 15) is 18.0 Å². The molecule has 1 fully saturated rings. The molecule has 0 bridgehead atoms. The van der Waals surface area contributed by atoms with Gasteiger partial charge in [-0.3, -0.25) is 9.69 Å². The molecule has 2 aromatic rings. The van der Waals surface area contributed by atoms with Gasteiger partial charge in [0.05, 0.1) is 23.5 Å². The first-order chi connectivity index (χ1) is 12.8. The third-order valence-electron chi connectivity index (χ3n) is 4.78. The van der Waals surface area contributed by atoms with Gasteiger partial charge in [-0.15, -0.1) is 11.3 Å². The minimum absolute atomic E-state index is 0.0431. The summed E-state index contributed by atoms with van der Waals surface area (Å²) in [4.78, 5) is 21.2. The lowest BCUT2D eigenvalue weighted by atomic mass is 10.1. The molecule has 1 saturated heterocycles. The van der Waals surface area contributed by atoms with E-state index in [2.05, 4.69) is 11.9 Å². The molecule has 1 aliphatic rings. The third-order valence-corrected chi connectivity index (χ3v) is 5.86. The average Bonchev–Trinajstić information content (AvgIpc) is 3.02. The number of aromatic nitrogens is 1. The standard InChI is InChI=1S/C19H22F3N3OS/c1-3-4-14-11-16(27-13(14)2)18(26)25-9-7-24(8-10-25)17-6-5-15(12-23-17)19(20,21)22/h5-6,11-12H,3-4,7-10H2,1-2H3/p+1. The molecule has 0 aliphatic carbocycles. The summed E-state index contributed by atoms with van der Waals surface area (Å²) < 4.78 is 38.0. The third kappa shape index (κ3) is 4.43. The Hall–Kier alpha value is -2.09. The summed E-state index contributed by atoms with van der Waals surface area (Å²) in [6, 6.07) is 4.52. The number of alkyl halides is 3. The van der Waals surface area contributed by atoms with Crippen LogP contribution in [-0.2, 0) is 12.6 Å². The van der Waals surface area contributed by atoms with Gasteiger partial charge in [0.25, 0.3) is 11.7 Å². The van der Waals surface area contributed by atoms with E-state index in [4.69, 9.17) is 0 Å². The van der Waals surface area contributed by atoms with Crippen molar-refractivity contribution in [2.24, 2.45) is 0 Å². The summed E-state index contributed by atoms with van der Waals surface area (Å²) in [6.45, 7) is 6.43. The number of nitrogens with zero attached hydrogens (tertiary/aromatic N) is 2. The number of amides is 1. The highest BCUT2D eigenvalue weighted by Crippen LogP contribution is 2.29. The van der Waals surface area contributed by atoms with Crippen LogP contribution in [0.2, 0.25) is 0 Å². The Morgan fingerprint density at radius 1 is 1.22 bits per heavy atom. The van der Waals surface area contributed by atoms with Crippen LogP contribution in [0.25, 0.3) is 0 Å². The summed E-state index contributed by atoms with van der Waals surface area (Å²) in [6.07, 6.45) is -1.34. The largest absolute Gasteiger partial charge is 0.419 e. The predicted octanol–water partition coefficient (Wildman–Crippen LogP) is 3.80. The molecule has 1 aliphatic heterocycles. The molecular formula is C19H23F3N3OS+. The van der Waals surface area contributed by atoms with Crippen LogP contribution in [0.15, 0.2) is 24.4 Å². The SMILES string of the molecule is CCCc1cc(C(=O)N2CCN(c3ccc(C(F)(F)F)c[nH+]3)CC2)sc1C. The molecule has 3 rings (SSSR count). The van der Waals surface area contributed by atoms with Crippen molar-refractivity contribution in [3.8, 4) is 0 Å². The Morgan fingerprint density at radius 2 is 1.93 bits per heavy atom. The number of anilines is 1. The molecule has 0 unspecified atom stereocenters. The Labute approximate surface area is 160 Å². The van der Waals surface area contributed by atoms with Gasteiger partial charge in [0.2, 0.25) is 0 Å². The van der Waals surface area contributed by atoms with Gasteiger partial charge in [-0.25, -0.2) is 4.98 Å². The maximum atomic E-state index is 12.8. The van der Waals surface area contributed by atoms with Crippen molar-refractivity contribution in [1.29, 1.82) is 0 Å². The lowest BCUT2D eigenvalue weighted by Crippen LogP contribution is -2.50. The first-order valence-electron chi connectivity index (χ1n) is 9.02. The number of rotatable bonds is 4. The summed E-state index contributed by atoms with van der Waals surface area (Å²) >= 11 is 1.54. The van der Waals surface area contributed by atoms with Gasteiger partial charge >= 0.3 is 6.18 Å². The molecule has 0 spiro atoms. The molecule has 8 heteroatoms. The molecule has 146 valence electrons. The molecule has 0 aromatic carbocycles. The van der Waals surface area contributed by atoms with E-state index in [0.29, 0.717) is 32.0 Å². The average molecular weight is 398 g/mol. The number of piperazine rings is 1. The van der Waals surface area contributed by atoms with Gasteiger partial charge < -0.3 is 4.90 Å². The molecule has 0 atom stereocenters. The summed E-state index contributed by atoms with van der Waals surface area (Å²) in [5.41, 5.74) is 0.542. The number of carbonyl (C=O) groups is 1. The lowest BCUT2D eigenvalue weighted by Gasteiger charge is -2.30. The monoisotopic (exact) mass is 398 g/mol. The van der Waals surface area contributed by atoms with E-state index in [0.717, 1.165) is 30.0 Å². The van der Waals surface area contributed by atoms with Crippen molar-refractivity contribution in [2.45, 2.75) is 32.9 Å². The highest BCUT2D eigenvalue weighted by molar-refractivity contribution is 7.14. The van der Waals surface area contributed by atoms with Crippen molar-refractivity contribution in [2.75, 3.05) is 31.1 Å². The van der Waals surface area contributed by atoms with Crippen LogP contribution in [0.3, 0.4) is 0 Å². The second kappa shape index (κ2) is 7.88. The first kappa shape index (κ1) is 19.7. The van der Waals surface area contributed by atoms with Gasteiger partial charge in [0, 0.05) is 10.9 Å². The number of halogens is 3. The number of pyridine rings is 1. The Balaban J connectivity index is 1.61. The van der Waals surface area contributed by atoms with Gasteiger partial charge in [0.15, 0.2) is 0 Å². The zero-order valence-corrected chi connectivity index (χ0v) is 16.2. The first-order valence-corrected chi connectivity index (χ1v) is 9.83. The minimum Gasteiger partial charge on any atom is -0.330 e. The number of hydrogen-bond acceptors (Lipinski definition) is 3. The van der Waals surface area contributed by atoms with E-state index in [1.807, 2.05) is 22.8 Å². The van der Waals surface area contributed by atoms with Gasteiger partial charge in [-0.1, -0.05) is 13.3 Å². The normalized spacial score (nSPS) is 15.3. The fourth-order valence-electron chi connectivity index (χ4n) is 3.24. The molecule has 27 heavy (non-hydrogen) atoms. The number of aromatic amines is 1. The summed E-state index contributed by atoms with van der Waals surface area (Å²) in [5, 5.41) is 0. The number of nitrogens with one attached hydrogen (secondary N) is 1. The van der Waals surface area contributed by atoms with Crippen molar-refractivity contribution in [3.63, 3.8) is 0 Å². The molecule has 2 aromatic heterocycles. The van der Waals surface area contributed by atoms with Gasteiger partial charge in [-0.2, -0.15) is 13.2 Å². The van der Waals surface area contributed by atoms with Crippen LogP contribution in [0.1, 0.15) is 39.0 Å². The Kier molecular flexibility index (Phi) is 5.74. The number of aryl methyl sites for hydroxylation is 2. The highest BCUT2D eigenvalue weighted by Gasteiger charge is 2.33. The summed E-state index contributed by atoms with van der Waals surface area (Å²) in [7, 11) is 0. The molecule has 0 radical (unpaired) electrons. The van der Waals surface area contributed by atoms with Crippen LogP contribution in [0.5, 0.6) is 0 Å². The van der Waals surface area contributed by atoms with Crippen LogP contribution in [0.4, 0.5) is 19.0 Å².